The molecule has 1 radical (unpaired) electrons. The number of benzene rings is 2. The minimum Gasteiger partial charge on any atom is -0.507 e. The van der Waals surface area contributed by atoms with Gasteiger partial charge in [0, 0.05) is 6.07 Å². The Morgan fingerprint density at radius 2 is 0.971 bits per heavy atom. The van der Waals surface area contributed by atoms with E-state index in [0.29, 0.717) is 34.0 Å². The summed E-state index contributed by atoms with van der Waals surface area (Å²) in [7, 11) is -0.971. The van der Waals surface area contributed by atoms with Crippen LogP contribution in [0.5, 0.6) is 5.75 Å². The molecular formula is C30H48OP3. The maximum absolute atomic E-state index is 10.4. The molecule has 0 heterocycles. The smallest absolute Gasteiger partial charge is 0.124 e. The van der Waals surface area contributed by atoms with Gasteiger partial charge in [-0.05, 0) is 85.3 Å². The van der Waals surface area contributed by atoms with E-state index in [1.165, 1.54) is 5.56 Å². The number of hydrogen-bond donors (Lipinski definition) is 1. The van der Waals surface area contributed by atoms with Gasteiger partial charge >= 0.3 is 0 Å². The first-order valence-corrected chi connectivity index (χ1v) is 17.5. The van der Waals surface area contributed by atoms with Crippen molar-refractivity contribution in [1.82, 2.24) is 0 Å². The predicted octanol–water partition coefficient (Wildman–Crippen LogP) is 8.63. The summed E-state index contributed by atoms with van der Waals surface area (Å²) in [6.07, 6.45) is 0. The summed E-state index contributed by atoms with van der Waals surface area (Å²) in [5, 5.41) is 15.1. The van der Waals surface area contributed by atoms with E-state index < -0.39 is 0 Å². The van der Waals surface area contributed by atoms with Crippen LogP contribution >= 0.6 is 23.8 Å². The van der Waals surface area contributed by atoms with Gasteiger partial charge in [-0.15, -0.1) is 0 Å². The molecular weight excluding hydrogens is 469 g/mol. The summed E-state index contributed by atoms with van der Waals surface area (Å²) in [5.74, 6) is 0.238. The second-order valence-electron chi connectivity index (χ2n) is 11.1. The first kappa shape index (κ1) is 29.8. The standard InChI is InChI=1S/C30H48OP3/c1-19(2)32(20(3)4)27-17-28(33(21(5)6)22(7)8)30(25-14-13-15-26(31)16-25)29(18-27)34(23(9)10)24(11)12/h13-14,16-24,31H,1-12H3. The number of phenolic OH excluding ortho intramolecular Hbond substituents is 1. The van der Waals surface area contributed by atoms with Crippen molar-refractivity contribution in [3.8, 4) is 16.9 Å². The van der Waals surface area contributed by atoms with E-state index in [-0.39, 0.29) is 29.5 Å². The number of rotatable bonds is 10. The van der Waals surface area contributed by atoms with Gasteiger partial charge in [-0.2, -0.15) is 0 Å². The molecule has 0 amide bonds. The average molecular weight is 518 g/mol. The lowest BCUT2D eigenvalue weighted by Gasteiger charge is -2.36. The van der Waals surface area contributed by atoms with E-state index in [2.05, 4.69) is 107 Å². The third kappa shape index (κ3) is 6.84. The van der Waals surface area contributed by atoms with Crippen LogP contribution in [0.4, 0.5) is 0 Å². The van der Waals surface area contributed by atoms with Crippen LogP contribution in [0.15, 0.2) is 30.3 Å². The van der Waals surface area contributed by atoms with Crippen molar-refractivity contribution in [1.29, 1.82) is 0 Å². The van der Waals surface area contributed by atoms with Gasteiger partial charge in [-0.3, -0.25) is 0 Å². The SMILES string of the molecule is CC(C)P(c1cc(P(C(C)C)C(C)C)c(-c2cc[c]c(O)c2)c(P(C(C)C)C(C)C)c1)C(C)C. The Bertz CT molecular complexity index is 865. The largest absolute Gasteiger partial charge is 0.507 e. The molecule has 0 bridgehead atoms. The molecule has 0 aromatic heterocycles. The molecule has 2 rings (SSSR count). The maximum atomic E-state index is 10.4. The zero-order chi connectivity index (χ0) is 25.9. The van der Waals surface area contributed by atoms with Crippen LogP contribution < -0.4 is 15.9 Å². The number of aromatic hydroxyl groups is 1. The molecule has 189 valence electrons. The van der Waals surface area contributed by atoms with Crippen molar-refractivity contribution in [2.75, 3.05) is 0 Å². The van der Waals surface area contributed by atoms with E-state index in [9.17, 15) is 5.11 Å². The summed E-state index contributed by atoms with van der Waals surface area (Å²) >= 11 is 0. The maximum Gasteiger partial charge on any atom is 0.124 e. The lowest BCUT2D eigenvalue weighted by molar-refractivity contribution is 0.474. The van der Waals surface area contributed by atoms with E-state index in [4.69, 9.17) is 0 Å². The fourth-order valence-corrected chi connectivity index (χ4v) is 15.0. The predicted molar refractivity (Wildman–Crippen MR) is 163 cm³/mol. The number of phenols is 1. The Hall–Kier alpha value is -0.470. The Balaban J connectivity index is 3.10. The van der Waals surface area contributed by atoms with Crippen molar-refractivity contribution in [2.45, 2.75) is 117 Å². The molecule has 1 nitrogen and oxygen atoms in total. The highest BCUT2D eigenvalue weighted by Crippen LogP contribution is 2.53. The molecule has 0 aliphatic heterocycles. The lowest BCUT2D eigenvalue weighted by atomic mass is 10.1. The zero-order valence-electron chi connectivity index (χ0n) is 23.6. The van der Waals surface area contributed by atoms with Crippen LogP contribution in [0.2, 0.25) is 0 Å². The second-order valence-corrected chi connectivity index (χ2v) is 21.2. The van der Waals surface area contributed by atoms with Gasteiger partial charge in [0.05, 0.1) is 0 Å². The molecule has 1 N–H and O–H groups in total. The molecule has 0 atom stereocenters. The van der Waals surface area contributed by atoms with Crippen molar-refractivity contribution < 1.29 is 5.11 Å². The lowest BCUT2D eigenvalue weighted by Crippen LogP contribution is -2.31. The minimum atomic E-state index is -0.358. The summed E-state index contributed by atoms with van der Waals surface area (Å²) in [4.78, 5) is 0. The number of hydrogen-bond acceptors (Lipinski definition) is 1. The molecule has 2 aromatic carbocycles. The summed E-state index contributed by atoms with van der Waals surface area (Å²) in [6, 6.07) is 14.2. The molecule has 4 heteroatoms. The van der Waals surface area contributed by atoms with Crippen LogP contribution in [-0.2, 0) is 0 Å². The van der Waals surface area contributed by atoms with E-state index >= 15 is 0 Å². The van der Waals surface area contributed by atoms with Crippen LogP contribution in [0.1, 0.15) is 83.1 Å². The van der Waals surface area contributed by atoms with Crippen molar-refractivity contribution in [3.63, 3.8) is 0 Å². The van der Waals surface area contributed by atoms with Gasteiger partial charge in [0.1, 0.15) is 5.75 Å². The van der Waals surface area contributed by atoms with Gasteiger partial charge in [-0.25, -0.2) is 0 Å². The van der Waals surface area contributed by atoms with E-state index in [1.54, 1.807) is 15.9 Å². The monoisotopic (exact) mass is 517 g/mol. The Morgan fingerprint density at radius 1 is 0.588 bits per heavy atom. The summed E-state index contributed by atoms with van der Waals surface area (Å²) in [6.45, 7) is 28.9. The highest BCUT2D eigenvalue weighted by Gasteiger charge is 2.31. The Kier molecular flexibility index (Phi) is 11.1. The topological polar surface area (TPSA) is 20.2 Å². The highest BCUT2D eigenvalue weighted by molar-refractivity contribution is 7.70. The first-order valence-electron chi connectivity index (χ1n) is 13.0. The fraction of sp³-hybridized carbons (Fsp3) is 0.600. The fourth-order valence-electron chi connectivity index (χ4n) is 5.56. The van der Waals surface area contributed by atoms with E-state index in [0.717, 1.165) is 5.56 Å². The van der Waals surface area contributed by atoms with Crippen LogP contribution in [0, 0.1) is 6.07 Å². The zero-order valence-corrected chi connectivity index (χ0v) is 26.3. The molecule has 0 unspecified atom stereocenters. The molecule has 0 spiro atoms. The normalized spacial score (nSPS) is 12.9. The van der Waals surface area contributed by atoms with Crippen molar-refractivity contribution in [3.05, 3.63) is 36.4 Å². The molecule has 0 aliphatic rings. The first-order chi connectivity index (χ1) is 15.8. The minimum absolute atomic E-state index is 0.238. The highest BCUT2D eigenvalue weighted by atomic mass is 31.1. The summed E-state index contributed by atoms with van der Waals surface area (Å²) in [5.41, 5.74) is 6.31. The third-order valence-corrected chi connectivity index (χ3v) is 15.7. The van der Waals surface area contributed by atoms with Crippen LogP contribution in [0.3, 0.4) is 0 Å². The molecule has 34 heavy (non-hydrogen) atoms. The van der Waals surface area contributed by atoms with Crippen LogP contribution in [-0.4, -0.2) is 39.1 Å². The van der Waals surface area contributed by atoms with Gasteiger partial charge in [-0.1, -0.05) is 113 Å². The van der Waals surface area contributed by atoms with Crippen molar-refractivity contribution >= 4 is 39.7 Å². The third-order valence-electron chi connectivity index (χ3n) is 6.35. The van der Waals surface area contributed by atoms with Gasteiger partial charge in [0.25, 0.3) is 0 Å². The molecule has 0 aliphatic carbocycles. The quantitative estimate of drug-likeness (QED) is 0.313. The molecule has 0 fully saturated rings. The molecule has 2 aromatic rings. The Labute approximate surface area is 214 Å². The molecule has 0 saturated carbocycles. The van der Waals surface area contributed by atoms with Crippen LogP contribution in [0.25, 0.3) is 11.1 Å². The summed E-state index contributed by atoms with van der Waals surface area (Å²) < 4.78 is 0. The van der Waals surface area contributed by atoms with Crippen molar-refractivity contribution in [2.24, 2.45) is 0 Å². The van der Waals surface area contributed by atoms with E-state index in [1.807, 2.05) is 12.1 Å². The second kappa shape index (κ2) is 12.7. The average Bonchev–Trinajstić information content (AvgIpc) is 2.66. The Morgan fingerprint density at radius 3 is 1.29 bits per heavy atom. The molecule has 0 saturated heterocycles. The van der Waals surface area contributed by atoms with Gasteiger partial charge in [0.2, 0.25) is 0 Å². The van der Waals surface area contributed by atoms with Gasteiger partial charge in [0.15, 0.2) is 0 Å². The van der Waals surface area contributed by atoms with Gasteiger partial charge < -0.3 is 5.11 Å².